The van der Waals surface area contributed by atoms with Gasteiger partial charge in [-0.05, 0) is 24.8 Å². The van der Waals surface area contributed by atoms with Crippen LogP contribution in [0.2, 0.25) is 0 Å². The highest BCUT2D eigenvalue weighted by Gasteiger charge is 2.26. The predicted molar refractivity (Wildman–Crippen MR) is 96.7 cm³/mol. The minimum Gasteiger partial charge on any atom is -0.753 e. The van der Waals surface area contributed by atoms with Crippen molar-refractivity contribution in [3.05, 3.63) is 29.2 Å². The summed E-state index contributed by atoms with van der Waals surface area (Å²) < 4.78 is 15.9. The summed E-state index contributed by atoms with van der Waals surface area (Å²) in [6.07, 6.45) is 8.22. The molecule has 0 radical (unpaired) electrons. The Bertz CT molecular complexity index is 604. The van der Waals surface area contributed by atoms with Gasteiger partial charge in [-0.1, -0.05) is 19.3 Å². The minimum atomic E-state index is 0.189. The third-order valence-electron chi connectivity index (χ3n) is 4.96. The summed E-state index contributed by atoms with van der Waals surface area (Å²) in [5.74, 6) is 2.44. The van der Waals surface area contributed by atoms with Crippen molar-refractivity contribution in [1.82, 2.24) is 10.9 Å². The molecule has 2 aliphatic rings. The van der Waals surface area contributed by atoms with Gasteiger partial charge in [0.2, 0.25) is 5.75 Å². The molecule has 1 fully saturated rings. The fourth-order valence-corrected chi connectivity index (χ4v) is 3.60. The number of methoxy groups -OCH3 is 3. The lowest BCUT2D eigenvalue weighted by atomic mass is 9.84. The van der Waals surface area contributed by atoms with Crippen molar-refractivity contribution in [3.8, 4) is 17.2 Å². The summed E-state index contributed by atoms with van der Waals surface area (Å²) >= 11 is 0. The van der Waals surface area contributed by atoms with Gasteiger partial charge in [0.05, 0.1) is 27.4 Å². The molecule has 7 heteroatoms. The van der Waals surface area contributed by atoms with Gasteiger partial charge in [0.15, 0.2) is 11.5 Å². The first-order valence-electron chi connectivity index (χ1n) is 8.68. The lowest BCUT2D eigenvalue weighted by Gasteiger charge is -2.32. The van der Waals surface area contributed by atoms with Crippen molar-refractivity contribution in [2.24, 2.45) is 5.92 Å². The molecule has 1 heterocycles. The summed E-state index contributed by atoms with van der Waals surface area (Å²) in [6, 6.07) is 3.48. The molecule has 0 aromatic heterocycles. The second-order valence-corrected chi connectivity index (χ2v) is 6.42. The van der Waals surface area contributed by atoms with E-state index in [0.717, 1.165) is 5.06 Å². The molecular weight excluding hydrogens is 322 g/mol. The largest absolute Gasteiger partial charge is 0.753 e. The van der Waals surface area contributed by atoms with Crippen LogP contribution in [0.3, 0.4) is 0 Å². The SMILES string of the molecule is COc1cc(N([O-])C2=CC(C3CCCCC3)NN2)cc(OC)c1OC. The van der Waals surface area contributed by atoms with Gasteiger partial charge < -0.3 is 29.9 Å². The maximum Gasteiger partial charge on any atom is 0.203 e. The lowest BCUT2D eigenvalue weighted by molar-refractivity contribution is 0.300. The summed E-state index contributed by atoms with van der Waals surface area (Å²) in [5, 5.41) is 13.7. The Hall–Kier alpha value is -2.12. The zero-order valence-electron chi connectivity index (χ0n) is 15.0. The van der Waals surface area contributed by atoms with E-state index in [4.69, 9.17) is 14.2 Å². The molecule has 7 nitrogen and oxygen atoms in total. The molecule has 138 valence electrons. The van der Waals surface area contributed by atoms with Crippen LogP contribution in [0.4, 0.5) is 5.69 Å². The second-order valence-electron chi connectivity index (χ2n) is 6.42. The van der Waals surface area contributed by atoms with Crippen LogP contribution < -0.4 is 30.1 Å². The molecule has 0 saturated heterocycles. The van der Waals surface area contributed by atoms with Crippen LogP contribution >= 0.6 is 0 Å². The number of hydroxylamine groups is 1. The van der Waals surface area contributed by atoms with Crippen molar-refractivity contribution in [2.45, 2.75) is 38.1 Å². The smallest absolute Gasteiger partial charge is 0.203 e. The van der Waals surface area contributed by atoms with E-state index in [-0.39, 0.29) is 6.04 Å². The quantitative estimate of drug-likeness (QED) is 0.765. The Morgan fingerprint density at radius 1 is 1.00 bits per heavy atom. The van der Waals surface area contributed by atoms with E-state index in [0.29, 0.717) is 34.7 Å². The third kappa shape index (κ3) is 3.62. The van der Waals surface area contributed by atoms with Gasteiger partial charge in [0.1, 0.15) is 5.82 Å². The Morgan fingerprint density at radius 2 is 1.64 bits per heavy atom. The molecule has 1 atom stereocenters. The molecule has 1 unspecified atom stereocenters. The molecule has 1 saturated carbocycles. The van der Waals surface area contributed by atoms with Crippen LogP contribution in [0, 0.1) is 11.1 Å². The molecule has 0 amide bonds. The average Bonchev–Trinajstić information content (AvgIpc) is 3.17. The molecule has 3 rings (SSSR count). The topological polar surface area (TPSA) is 78.1 Å². The Morgan fingerprint density at radius 3 is 2.20 bits per heavy atom. The fourth-order valence-electron chi connectivity index (χ4n) is 3.60. The van der Waals surface area contributed by atoms with Crippen molar-refractivity contribution < 1.29 is 14.2 Å². The number of nitrogens with one attached hydrogen (secondary N) is 2. The Kier molecular flexibility index (Phi) is 5.55. The maximum absolute atomic E-state index is 12.8. The number of hydrogen-bond donors (Lipinski definition) is 2. The van der Waals surface area contributed by atoms with E-state index in [1.54, 1.807) is 12.1 Å². The summed E-state index contributed by atoms with van der Waals surface area (Å²) in [7, 11) is 4.60. The molecule has 1 aromatic carbocycles. The van der Waals surface area contributed by atoms with E-state index in [2.05, 4.69) is 10.9 Å². The summed E-state index contributed by atoms with van der Waals surface area (Å²) in [6.45, 7) is 0. The first-order chi connectivity index (χ1) is 12.2. The molecule has 1 aliphatic carbocycles. The van der Waals surface area contributed by atoms with Crippen LogP contribution in [0.25, 0.3) is 0 Å². The molecule has 2 N–H and O–H groups in total. The van der Waals surface area contributed by atoms with Crippen LogP contribution in [-0.2, 0) is 0 Å². The number of benzene rings is 1. The fraction of sp³-hybridized carbons (Fsp3) is 0.556. The highest BCUT2D eigenvalue weighted by atomic mass is 16.5. The Labute approximate surface area is 148 Å². The molecule has 25 heavy (non-hydrogen) atoms. The second kappa shape index (κ2) is 7.84. The highest BCUT2D eigenvalue weighted by Crippen LogP contribution is 2.41. The van der Waals surface area contributed by atoms with Crippen molar-refractivity contribution in [2.75, 3.05) is 26.4 Å². The van der Waals surface area contributed by atoms with Crippen molar-refractivity contribution in [1.29, 1.82) is 0 Å². The number of ether oxygens (including phenoxy) is 3. The average molecular weight is 348 g/mol. The maximum atomic E-state index is 12.8. The number of hydrogen-bond acceptors (Lipinski definition) is 7. The monoisotopic (exact) mass is 348 g/mol. The number of hydrazine groups is 1. The Balaban J connectivity index is 1.81. The van der Waals surface area contributed by atoms with Gasteiger partial charge in [-0.2, -0.15) is 0 Å². The van der Waals surface area contributed by atoms with E-state index in [1.165, 1.54) is 53.4 Å². The standard InChI is InChI=1S/C18H26N3O4/c1-23-15-9-13(10-16(24-2)18(15)25-3)21(22)17-11-14(19-20-17)12-7-5-4-6-8-12/h9-12,14,19-20H,4-8H2,1-3H3/q-1. The molecule has 1 aliphatic heterocycles. The van der Waals surface area contributed by atoms with E-state index in [9.17, 15) is 5.21 Å². The molecule has 0 bridgehead atoms. The number of rotatable bonds is 6. The number of anilines is 1. The zero-order chi connectivity index (χ0) is 17.8. The van der Waals surface area contributed by atoms with Gasteiger partial charge in [0, 0.05) is 17.8 Å². The zero-order valence-corrected chi connectivity index (χ0v) is 15.0. The van der Waals surface area contributed by atoms with Crippen molar-refractivity contribution >= 4 is 5.69 Å². The van der Waals surface area contributed by atoms with Gasteiger partial charge in [-0.25, -0.2) is 5.43 Å². The van der Waals surface area contributed by atoms with E-state index in [1.807, 2.05) is 6.08 Å². The van der Waals surface area contributed by atoms with Gasteiger partial charge in [-0.3, -0.25) is 0 Å². The number of nitrogens with zero attached hydrogens (tertiary/aromatic N) is 1. The van der Waals surface area contributed by atoms with Crippen LogP contribution in [0.5, 0.6) is 17.2 Å². The van der Waals surface area contributed by atoms with Gasteiger partial charge in [-0.15, -0.1) is 0 Å². The van der Waals surface area contributed by atoms with Crippen molar-refractivity contribution in [3.63, 3.8) is 0 Å². The minimum absolute atomic E-state index is 0.189. The van der Waals surface area contributed by atoms with Gasteiger partial charge in [0.25, 0.3) is 0 Å². The van der Waals surface area contributed by atoms with E-state index >= 15 is 0 Å². The molecular formula is C18H26N3O4-. The van der Waals surface area contributed by atoms with Crippen LogP contribution in [0.1, 0.15) is 32.1 Å². The lowest BCUT2D eigenvalue weighted by Crippen LogP contribution is -2.39. The van der Waals surface area contributed by atoms with E-state index < -0.39 is 0 Å². The summed E-state index contributed by atoms with van der Waals surface area (Å²) in [5.41, 5.74) is 6.67. The molecule has 1 aromatic rings. The van der Waals surface area contributed by atoms with Gasteiger partial charge >= 0.3 is 0 Å². The first kappa shape index (κ1) is 17.7. The summed E-state index contributed by atoms with van der Waals surface area (Å²) in [4.78, 5) is 0. The molecule has 0 spiro atoms. The van der Waals surface area contributed by atoms with Crippen LogP contribution in [0.15, 0.2) is 24.0 Å². The normalized spacial score (nSPS) is 20.6. The first-order valence-corrected chi connectivity index (χ1v) is 8.68. The van der Waals surface area contributed by atoms with Crippen LogP contribution in [-0.4, -0.2) is 27.4 Å². The predicted octanol–water partition coefficient (Wildman–Crippen LogP) is 2.91. The third-order valence-corrected chi connectivity index (χ3v) is 4.96. The highest BCUT2D eigenvalue weighted by molar-refractivity contribution is 5.66.